The molecule has 0 unspecified atom stereocenters. The molecule has 2 rings (SSSR count). The molecule has 1 aromatic heterocycles. The second kappa shape index (κ2) is 6.60. The molecule has 0 aliphatic rings. The van der Waals surface area contributed by atoms with E-state index >= 15 is 0 Å². The van der Waals surface area contributed by atoms with E-state index in [4.69, 9.17) is 4.74 Å². The highest BCUT2D eigenvalue weighted by Gasteiger charge is 1.93. The maximum atomic E-state index is 5.55. The predicted molar refractivity (Wildman–Crippen MR) is 65.7 cm³/mol. The molecule has 4 heteroatoms. The van der Waals surface area contributed by atoms with Gasteiger partial charge in [-0.05, 0) is 12.1 Å². The van der Waals surface area contributed by atoms with Gasteiger partial charge < -0.3 is 10.1 Å². The smallest absolute Gasteiger partial charge is 0.119 e. The molecule has 0 radical (unpaired) electrons. The summed E-state index contributed by atoms with van der Waals surface area (Å²) in [5.74, 6) is 0.900. The summed E-state index contributed by atoms with van der Waals surface area (Å²) in [5, 5.41) is 3.27. The monoisotopic (exact) mass is 229 g/mol. The topological polar surface area (TPSA) is 47.0 Å². The molecule has 1 N–H and O–H groups in total. The van der Waals surface area contributed by atoms with Crippen LogP contribution in [0.5, 0.6) is 5.75 Å². The van der Waals surface area contributed by atoms with Crippen molar-refractivity contribution < 1.29 is 4.74 Å². The second-order valence-electron chi connectivity index (χ2n) is 3.59. The van der Waals surface area contributed by atoms with Crippen molar-refractivity contribution in [3.63, 3.8) is 0 Å². The highest BCUT2D eigenvalue weighted by atomic mass is 16.5. The van der Waals surface area contributed by atoms with Crippen molar-refractivity contribution in [1.29, 1.82) is 0 Å². The van der Waals surface area contributed by atoms with Crippen LogP contribution < -0.4 is 10.1 Å². The summed E-state index contributed by atoms with van der Waals surface area (Å²) in [7, 11) is 0. The fraction of sp³-hybridized carbons (Fsp3) is 0.231. The summed E-state index contributed by atoms with van der Waals surface area (Å²) in [6, 6.07) is 9.80. The Kier molecular flexibility index (Phi) is 4.48. The van der Waals surface area contributed by atoms with Crippen molar-refractivity contribution in [2.24, 2.45) is 0 Å². The molecule has 2 aromatic rings. The lowest BCUT2D eigenvalue weighted by molar-refractivity contribution is 0.313. The van der Waals surface area contributed by atoms with Gasteiger partial charge in [-0.1, -0.05) is 18.2 Å². The summed E-state index contributed by atoms with van der Waals surface area (Å²) in [6.45, 7) is 2.21. The van der Waals surface area contributed by atoms with E-state index in [0.29, 0.717) is 6.61 Å². The van der Waals surface area contributed by atoms with Gasteiger partial charge in [0.05, 0.1) is 0 Å². The second-order valence-corrected chi connectivity index (χ2v) is 3.59. The van der Waals surface area contributed by atoms with Crippen LogP contribution in [0.3, 0.4) is 0 Å². The van der Waals surface area contributed by atoms with Crippen LogP contribution in [0, 0.1) is 0 Å². The first-order valence-corrected chi connectivity index (χ1v) is 5.57. The van der Waals surface area contributed by atoms with Crippen LogP contribution in [-0.2, 0) is 6.54 Å². The molecule has 0 fully saturated rings. The summed E-state index contributed by atoms with van der Waals surface area (Å²) in [4.78, 5) is 7.90. The lowest BCUT2D eigenvalue weighted by atomic mass is 10.3. The molecule has 0 saturated carbocycles. The van der Waals surface area contributed by atoms with E-state index in [-0.39, 0.29) is 0 Å². The van der Waals surface area contributed by atoms with Gasteiger partial charge in [0, 0.05) is 31.0 Å². The van der Waals surface area contributed by atoms with Crippen molar-refractivity contribution in [2.75, 3.05) is 13.2 Å². The SMILES string of the molecule is c1ccc(OCCNCc2cncnc2)cc1. The quantitative estimate of drug-likeness (QED) is 0.765. The van der Waals surface area contributed by atoms with Crippen molar-refractivity contribution in [3.8, 4) is 5.75 Å². The van der Waals surface area contributed by atoms with Gasteiger partial charge in [-0.15, -0.1) is 0 Å². The Hall–Kier alpha value is -1.94. The molecule has 88 valence electrons. The van der Waals surface area contributed by atoms with E-state index in [1.807, 2.05) is 30.3 Å². The maximum Gasteiger partial charge on any atom is 0.119 e. The zero-order chi connectivity index (χ0) is 11.8. The van der Waals surface area contributed by atoms with E-state index in [0.717, 1.165) is 24.4 Å². The van der Waals surface area contributed by atoms with Crippen LogP contribution in [0.15, 0.2) is 49.1 Å². The van der Waals surface area contributed by atoms with Crippen molar-refractivity contribution in [1.82, 2.24) is 15.3 Å². The number of rotatable bonds is 6. The van der Waals surface area contributed by atoms with Crippen LogP contribution in [0.1, 0.15) is 5.56 Å². The molecule has 0 spiro atoms. The number of hydrogen-bond acceptors (Lipinski definition) is 4. The lowest BCUT2D eigenvalue weighted by Crippen LogP contribution is -2.20. The number of para-hydroxylation sites is 1. The fourth-order valence-corrected chi connectivity index (χ4v) is 1.41. The molecule has 1 aromatic carbocycles. The number of nitrogens with zero attached hydrogens (tertiary/aromatic N) is 2. The number of benzene rings is 1. The Morgan fingerprint density at radius 3 is 2.59 bits per heavy atom. The lowest BCUT2D eigenvalue weighted by Gasteiger charge is -2.06. The molecule has 1 heterocycles. The first-order valence-electron chi connectivity index (χ1n) is 5.57. The number of aromatic nitrogens is 2. The van der Waals surface area contributed by atoms with Crippen molar-refractivity contribution >= 4 is 0 Å². The number of nitrogens with one attached hydrogen (secondary N) is 1. The van der Waals surface area contributed by atoms with Crippen LogP contribution >= 0.6 is 0 Å². The molecule has 0 aliphatic heterocycles. The Labute approximate surface area is 101 Å². The van der Waals surface area contributed by atoms with Gasteiger partial charge in [-0.25, -0.2) is 9.97 Å². The van der Waals surface area contributed by atoms with Crippen LogP contribution in [0.2, 0.25) is 0 Å². The van der Waals surface area contributed by atoms with Gasteiger partial charge in [0.15, 0.2) is 0 Å². The Balaban J connectivity index is 1.61. The first kappa shape index (κ1) is 11.5. The molecule has 17 heavy (non-hydrogen) atoms. The van der Waals surface area contributed by atoms with Crippen LogP contribution in [0.25, 0.3) is 0 Å². The predicted octanol–water partition coefficient (Wildman–Crippen LogP) is 1.65. The van der Waals surface area contributed by atoms with Crippen molar-refractivity contribution in [3.05, 3.63) is 54.6 Å². The number of ether oxygens (including phenoxy) is 1. The molecule has 0 bridgehead atoms. The van der Waals surface area contributed by atoms with E-state index in [2.05, 4.69) is 15.3 Å². The summed E-state index contributed by atoms with van der Waals surface area (Å²) in [5.41, 5.74) is 1.08. The van der Waals surface area contributed by atoms with Gasteiger partial charge >= 0.3 is 0 Å². The number of hydrogen-bond donors (Lipinski definition) is 1. The van der Waals surface area contributed by atoms with Gasteiger partial charge in [0.1, 0.15) is 18.7 Å². The average Bonchev–Trinajstić information content (AvgIpc) is 2.41. The first-order chi connectivity index (χ1) is 8.45. The van der Waals surface area contributed by atoms with E-state index < -0.39 is 0 Å². The third kappa shape index (κ3) is 4.20. The van der Waals surface area contributed by atoms with Crippen LogP contribution in [0.4, 0.5) is 0 Å². The molecule has 0 amide bonds. The average molecular weight is 229 g/mol. The largest absolute Gasteiger partial charge is 0.492 e. The zero-order valence-corrected chi connectivity index (χ0v) is 9.54. The maximum absolute atomic E-state index is 5.55. The van der Waals surface area contributed by atoms with Gasteiger partial charge in [-0.3, -0.25) is 0 Å². The van der Waals surface area contributed by atoms with Crippen LogP contribution in [-0.4, -0.2) is 23.1 Å². The third-order valence-corrected chi connectivity index (χ3v) is 2.23. The highest BCUT2D eigenvalue weighted by Crippen LogP contribution is 2.07. The standard InChI is InChI=1S/C13H15N3O/c1-2-4-13(5-3-1)17-7-6-14-8-12-9-15-11-16-10-12/h1-5,9-11,14H,6-8H2. The molecular weight excluding hydrogens is 214 g/mol. The molecular formula is C13H15N3O. The van der Waals surface area contributed by atoms with Gasteiger partial charge in [-0.2, -0.15) is 0 Å². The minimum atomic E-state index is 0.651. The zero-order valence-electron chi connectivity index (χ0n) is 9.54. The Morgan fingerprint density at radius 1 is 1.06 bits per heavy atom. The molecule has 0 atom stereocenters. The third-order valence-electron chi connectivity index (χ3n) is 2.23. The normalized spacial score (nSPS) is 10.1. The van der Waals surface area contributed by atoms with E-state index in [9.17, 15) is 0 Å². The minimum Gasteiger partial charge on any atom is -0.492 e. The van der Waals surface area contributed by atoms with Gasteiger partial charge in [0.2, 0.25) is 0 Å². The summed E-state index contributed by atoms with van der Waals surface area (Å²) < 4.78 is 5.55. The van der Waals surface area contributed by atoms with Crippen molar-refractivity contribution in [2.45, 2.75) is 6.54 Å². The Morgan fingerprint density at radius 2 is 1.82 bits per heavy atom. The molecule has 4 nitrogen and oxygen atoms in total. The summed E-state index contributed by atoms with van der Waals surface area (Å²) in [6.07, 6.45) is 5.14. The van der Waals surface area contributed by atoms with Gasteiger partial charge in [0.25, 0.3) is 0 Å². The minimum absolute atomic E-state index is 0.651. The summed E-state index contributed by atoms with van der Waals surface area (Å²) >= 11 is 0. The highest BCUT2D eigenvalue weighted by molar-refractivity contribution is 5.20. The van der Waals surface area contributed by atoms with E-state index in [1.165, 1.54) is 6.33 Å². The fourth-order valence-electron chi connectivity index (χ4n) is 1.41. The van der Waals surface area contributed by atoms with E-state index in [1.54, 1.807) is 12.4 Å². The Bertz CT molecular complexity index is 378. The molecule has 0 aliphatic carbocycles. The molecule has 0 saturated heterocycles.